The Labute approximate surface area is 109 Å². The predicted octanol–water partition coefficient (Wildman–Crippen LogP) is 3.72. The third-order valence-corrected chi connectivity index (χ3v) is 5.83. The van der Waals surface area contributed by atoms with E-state index >= 15 is 0 Å². The molecule has 2 aliphatic rings. The predicted molar refractivity (Wildman–Crippen MR) is 75.3 cm³/mol. The van der Waals surface area contributed by atoms with Gasteiger partial charge in [-0.3, -0.25) is 0 Å². The maximum Gasteiger partial charge on any atom is 0.0911 e. The van der Waals surface area contributed by atoms with Gasteiger partial charge in [0.1, 0.15) is 0 Å². The van der Waals surface area contributed by atoms with Crippen molar-refractivity contribution in [1.29, 1.82) is 0 Å². The van der Waals surface area contributed by atoms with Gasteiger partial charge < -0.3 is 9.80 Å². The summed E-state index contributed by atoms with van der Waals surface area (Å²) >= 11 is 3.82. The Morgan fingerprint density at radius 1 is 0.882 bits per heavy atom. The standard InChI is InChI=1S/C13H14N2S2/c1-8-5-16-10-3-15-7-14(12(8)10)4-11-13(15)9(2)6-17-11/h5-6H,3-4,7H2,1-2H3. The summed E-state index contributed by atoms with van der Waals surface area (Å²) in [5.41, 5.74) is 5.90. The molecular formula is C13H14N2S2. The SMILES string of the molecule is Cc1csc2c1N1Cc3scc(C)c3N(C2)C1. The summed E-state index contributed by atoms with van der Waals surface area (Å²) in [6.07, 6.45) is 0. The molecule has 0 radical (unpaired) electrons. The number of hydrogen-bond donors (Lipinski definition) is 0. The largest absolute Gasteiger partial charge is 0.347 e. The Kier molecular flexibility index (Phi) is 1.92. The summed E-state index contributed by atoms with van der Waals surface area (Å²) in [6.45, 7) is 7.72. The Balaban J connectivity index is 1.88. The molecule has 0 spiro atoms. The molecule has 0 saturated heterocycles. The maximum absolute atomic E-state index is 2.53. The Hall–Kier alpha value is -1.00. The van der Waals surface area contributed by atoms with E-state index in [-0.39, 0.29) is 0 Å². The molecule has 0 atom stereocenters. The van der Waals surface area contributed by atoms with E-state index in [9.17, 15) is 0 Å². The minimum atomic E-state index is 1.06. The lowest BCUT2D eigenvalue weighted by atomic mass is 10.1. The van der Waals surface area contributed by atoms with Crippen LogP contribution < -0.4 is 9.80 Å². The van der Waals surface area contributed by atoms with E-state index in [0.29, 0.717) is 0 Å². The molecule has 2 nitrogen and oxygen atoms in total. The van der Waals surface area contributed by atoms with E-state index in [0.717, 1.165) is 19.8 Å². The zero-order valence-corrected chi connectivity index (χ0v) is 11.6. The van der Waals surface area contributed by atoms with Crippen molar-refractivity contribution in [2.24, 2.45) is 0 Å². The van der Waals surface area contributed by atoms with Gasteiger partial charge in [0, 0.05) is 9.75 Å². The summed E-state index contributed by atoms with van der Waals surface area (Å²) in [6, 6.07) is 0. The van der Waals surface area contributed by atoms with Crippen molar-refractivity contribution in [1.82, 2.24) is 0 Å². The molecule has 17 heavy (non-hydrogen) atoms. The third kappa shape index (κ3) is 1.25. The highest BCUT2D eigenvalue weighted by Gasteiger charge is 2.32. The number of hydrogen-bond acceptors (Lipinski definition) is 4. The summed E-state index contributed by atoms with van der Waals surface area (Å²) in [4.78, 5) is 8.13. The minimum absolute atomic E-state index is 1.06. The normalized spacial score (nSPS) is 17.1. The van der Waals surface area contributed by atoms with Crippen LogP contribution in [0.5, 0.6) is 0 Å². The first-order valence-electron chi connectivity index (χ1n) is 5.88. The fourth-order valence-electron chi connectivity index (χ4n) is 3.01. The number of nitrogens with zero attached hydrogens (tertiary/aromatic N) is 2. The molecule has 2 bridgehead atoms. The van der Waals surface area contributed by atoms with Gasteiger partial charge in [-0.2, -0.15) is 0 Å². The zero-order valence-electron chi connectivity index (χ0n) is 9.99. The highest BCUT2D eigenvalue weighted by atomic mass is 32.1. The molecule has 88 valence electrons. The molecule has 2 aromatic heterocycles. The number of aryl methyl sites for hydroxylation is 2. The number of fused-ring (bicyclic) bond motifs is 6. The van der Waals surface area contributed by atoms with Crippen LogP contribution in [0.4, 0.5) is 11.4 Å². The van der Waals surface area contributed by atoms with Crippen LogP contribution in [0, 0.1) is 13.8 Å². The van der Waals surface area contributed by atoms with E-state index < -0.39 is 0 Å². The molecule has 0 amide bonds. The first-order valence-corrected chi connectivity index (χ1v) is 7.64. The highest BCUT2D eigenvalue weighted by molar-refractivity contribution is 7.11. The summed E-state index contributed by atoms with van der Waals surface area (Å²) in [7, 11) is 0. The van der Waals surface area contributed by atoms with E-state index in [4.69, 9.17) is 0 Å². The Morgan fingerprint density at radius 2 is 1.35 bits per heavy atom. The van der Waals surface area contributed by atoms with Gasteiger partial charge in [0.2, 0.25) is 0 Å². The Morgan fingerprint density at radius 3 is 1.82 bits per heavy atom. The van der Waals surface area contributed by atoms with Gasteiger partial charge in [0.05, 0.1) is 31.1 Å². The van der Waals surface area contributed by atoms with Crippen LogP contribution in [-0.2, 0) is 13.1 Å². The molecule has 0 saturated carbocycles. The van der Waals surface area contributed by atoms with Gasteiger partial charge in [-0.1, -0.05) is 0 Å². The van der Waals surface area contributed by atoms with Crippen molar-refractivity contribution < 1.29 is 0 Å². The lowest BCUT2D eigenvalue weighted by Gasteiger charge is -2.43. The van der Waals surface area contributed by atoms with Crippen LogP contribution in [0.3, 0.4) is 0 Å². The Bertz CT molecular complexity index is 544. The number of thiophene rings is 2. The van der Waals surface area contributed by atoms with Crippen molar-refractivity contribution in [3.05, 3.63) is 31.6 Å². The summed E-state index contributed by atoms with van der Waals surface area (Å²) in [5, 5.41) is 4.60. The average Bonchev–Trinajstić information content (AvgIpc) is 2.84. The summed E-state index contributed by atoms with van der Waals surface area (Å²) < 4.78 is 0. The van der Waals surface area contributed by atoms with E-state index in [2.05, 4.69) is 34.4 Å². The van der Waals surface area contributed by atoms with Crippen molar-refractivity contribution >= 4 is 34.0 Å². The molecule has 0 aromatic carbocycles. The molecular weight excluding hydrogens is 248 g/mol. The molecule has 2 aromatic rings. The van der Waals surface area contributed by atoms with Crippen molar-refractivity contribution in [2.75, 3.05) is 16.5 Å². The number of anilines is 2. The summed E-state index contributed by atoms with van der Waals surface area (Å²) in [5.74, 6) is 0. The van der Waals surface area contributed by atoms with Crippen LogP contribution in [0.2, 0.25) is 0 Å². The van der Waals surface area contributed by atoms with Gasteiger partial charge in [0.15, 0.2) is 0 Å². The van der Waals surface area contributed by atoms with Crippen LogP contribution in [0.15, 0.2) is 10.8 Å². The van der Waals surface area contributed by atoms with Crippen LogP contribution in [0.25, 0.3) is 0 Å². The first kappa shape index (κ1) is 9.97. The highest BCUT2D eigenvalue weighted by Crippen LogP contribution is 2.45. The van der Waals surface area contributed by atoms with Gasteiger partial charge >= 0.3 is 0 Å². The van der Waals surface area contributed by atoms with Crippen LogP contribution in [0.1, 0.15) is 20.9 Å². The van der Waals surface area contributed by atoms with Crippen LogP contribution >= 0.6 is 22.7 Å². The second kappa shape index (κ2) is 3.27. The molecule has 0 fully saturated rings. The van der Waals surface area contributed by atoms with E-state index in [1.54, 1.807) is 0 Å². The van der Waals surface area contributed by atoms with Gasteiger partial charge in [-0.25, -0.2) is 0 Å². The molecule has 2 aliphatic heterocycles. The van der Waals surface area contributed by atoms with E-state index in [1.807, 2.05) is 22.7 Å². The first-order chi connectivity index (χ1) is 8.24. The van der Waals surface area contributed by atoms with Crippen LogP contribution in [-0.4, -0.2) is 6.67 Å². The van der Waals surface area contributed by atoms with Crippen molar-refractivity contribution in [2.45, 2.75) is 26.9 Å². The quantitative estimate of drug-likeness (QED) is 0.714. The maximum atomic E-state index is 2.53. The third-order valence-electron chi connectivity index (χ3n) is 3.67. The fourth-order valence-corrected chi connectivity index (χ4v) is 5.14. The lowest BCUT2D eigenvalue weighted by Crippen LogP contribution is -2.45. The second-order valence-corrected chi connectivity index (χ2v) is 6.85. The molecule has 0 unspecified atom stereocenters. The van der Waals surface area contributed by atoms with Gasteiger partial charge in [-0.05, 0) is 35.7 Å². The molecule has 0 N–H and O–H groups in total. The zero-order chi connectivity index (χ0) is 11.6. The van der Waals surface area contributed by atoms with Gasteiger partial charge in [-0.15, -0.1) is 22.7 Å². The van der Waals surface area contributed by atoms with Crippen molar-refractivity contribution in [3.63, 3.8) is 0 Å². The topological polar surface area (TPSA) is 6.48 Å². The fraction of sp³-hybridized carbons (Fsp3) is 0.385. The molecule has 4 heterocycles. The monoisotopic (exact) mass is 262 g/mol. The molecule has 0 aliphatic carbocycles. The minimum Gasteiger partial charge on any atom is -0.347 e. The van der Waals surface area contributed by atoms with E-state index in [1.165, 1.54) is 32.3 Å². The van der Waals surface area contributed by atoms with Crippen molar-refractivity contribution in [3.8, 4) is 0 Å². The molecule has 4 rings (SSSR count). The lowest BCUT2D eigenvalue weighted by molar-refractivity contribution is 0.662. The smallest absolute Gasteiger partial charge is 0.0911 e. The average molecular weight is 262 g/mol. The molecule has 4 heteroatoms. The van der Waals surface area contributed by atoms with Gasteiger partial charge in [0.25, 0.3) is 0 Å². The number of rotatable bonds is 0. The second-order valence-electron chi connectivity index (χ2n) is 4.92.